The van der Waals surface area contributed by atoms with Crippen LogP contribution in [-0.2, 0) is 4.79 Å². The Kier molecular flexibility index (Phi) is 3.56. The maximum atomic E-state index is 12.4. The lowest BCUT2D eigenvalue weighted by molar-refractivity contribution is -0.141. The van der Waals surface area contributed by atoms with Gasteiger partial charge >= 0.3 is 5.97 Å². The van der Waals surface area contributed by atoms with Crippen molar-refractivity contribution in [3.63, 3.8) is 0 Å². The molecule has 0 saturated heterocycles. The Morgan fingerprint density at radius 2 is 2.00 bits per heavy atom. The van der Waals surface area contributed by atoms with Crippen LogP contribution in [0.2, 0.25) is 0 Å². The molecule has 1 aliphatic rings. The van der Waals surface area contributed by atoms with Gasteiger partial charge in [0.2, 0.25) is 0 Å². The molecule has 1 saturated carbocycles. The minimum atomic E-state index is -0.779. The summed E-state index contributed by atoms with van der Waals surface area (Å²) in [6.45, 7) is 0. The molecule has 1 heterocycles. The molecule has 2 atom stereocenters. The van der Waals surface area contributed by atoms with E-state index < -0.39 is 5.97 Å². The number of carbonyl (C=O) groups is 2. The van der Waals surface area contributed by atoms with E-state index in [2.05, 4.69) is 10.3 Å². The summed E-state index contributed by atoms with van der Waals surface area (Å²) in [4.78, 5) is 27.6. The number of carbonyl (C=O) groups excluding carboxylic acids is 1. The van der Waals surface area contributed by atoms with Crippen LogP contribution < -0.4 is 5.32 Å². The van der Waals surface area contributed by atoms with E-state index in [0.29, 0.717) is 30.3 Å². The van der Waals surface area contributed by atoms with Crippen molar-refractivity contribution in [1.82, 2.24) is 10.3 Å². The molecule has 3 rings (SSSR count). The molecule has 2 aromatic rings. The third-order valence-corrected chi connectivity index (χ3v) is 3.99. The highest BCUT2D eigenvalue weighted by Gasteiger charge is 2.30. The van der Waals surface area contributed by atoms with Gasteiger partial charge in [0.05, 0.1) is 17.0 Å². The average molecular weight is 284 g/mol. The van der Waals surface area contributed by atoms with Crippen LogP contribution >= 0.6 is 0 Å². The van der Waals surface area contributed by atoms with Gasteiger partial charge in [-0.05, 0) is 31.4 Å². The minimum Gasteiger partial charge on any atom is -0.481 e. The molecule has 5 nitrogen and oxygen atoms in total. The van der Waals surface area contributed by atoms with E-state index in [0.717, 1.165) is 5.39 Å². The summed E-state index contributed by atoms with van der Waals surface area (Å²) in [5.41, 5.74) is 1.21. The quantitative estimate of drug-likeness (QED) is 0.905. The van der Waals surface area contributed by atoms with Crippen molar-refractivity contribution in [3.8, 4) is 0 Å². The molecule has 0 unspecified atom stereocenters. The summed E-state index contributed by atoms with van der Waals surface area (Å²) in [5.74, 6) is -1.31. The monoisotopic (exact) mass is 284 g/mol. The molecule has 1 amide bonds. The molecule has 1 fully saturated rings. The first kappa shape index (κ1) is 13.5. The van der Waals surface area contributed by atoms with E-state index in [4.69, 9.17) is 5.11 Å². The van der Waals surface area contributed by atoms with E-state index in [1.807, 2.05) is 24.3 Å². The van der Waals surface area contributed by atoms with Crippen LogP contribution in [0.25, 0.3) is 10.9 Å². The second kappa shape index (κ2) is 5.52. The van der Waals surface area contributed by atoms with Crippen molar-refractivity contribution in [1.29, 1.82) is 0 Å². The summed E-state index contributed by atoms with van der Waals surface area (Å²) in [6, 6.07) is 9.16. The number of aromatic nitrogens is 1. The number of hydrogen-bond donors (Lipinski definition) is 2. The van der Waals surface area contributed by atoms with Gasteiger partial charge in [0, 0.05) is 17.6 Å². The topological polar surface area (TPSA) is 79.3 Å². The Hall–Kier alpha value is -2.43. The van der Waals surface area contributed by atoms with Gasteiger partial charge in [-0.15, -0.1) is 0 Å². The number of aliphatic carboxylic acids is 1. The standard InChI is InChI=1S/C16H16N2O3/c19-15(18-12-7-6-11(9-12)16(20)21)13-5-1-3-10-4-2-8-17-14(10)13/h1-5,8,11-12H,6-7,9H2,(H,18,19)(H,20,21)/t11-,12+/m1/s1. The SMILES string of the molecule is O=C(N[C@H]1CC[C@@H](C(=O)O)C1)c1cccc2cccnc12. The lowest BCUT2D eigenvalue weighted by atomic mass is 10.1. The lowest BCUT2D eigenvalue weighted by Gasteiger charge is -2.13. The van der Waals surface area contributed by atoms with Crippen molar-refractivity contribution in [2.75, 3.05) is 0 Å². The number of carboxylic acids is 1. The smallest absolute Gasteiger partial charge is 0.306 e. The number of pyridine rings is 1. The number of hydrogen-bond acceptors (Lipinski definition) is 3. The van der Waals surface area contributed by atoms with Gasteiger partial charge in [0.25, 0.3) is 5.91 Å². The van der Waals surface area contributed by atoms with Gasteiger partial charge in [-0.2, -0.15) is 0 Å². The zero-order valence-electron chi connectivity index (χ0n) is 11.5. The average Bonchev–Trinajstić information content (AvgIpc) is 2.95. The fourth-order valence-electron chi connectivity index (χ4n) is 2.89. The Bertz CT molecular complexity index is 693. The first-order valence-corrected chi connectivity index (χ1v) is 7.02. The van der Waals surface area contributed by atoms with Crippen LogP contribution in [0.1, 0.15) is 29.6 Å². The fourth-order valence-corrected chi connectivity index (χ4v) is 2.89. The first-order valence-electron chi connectivity index (χ1n) is 7.02. The van der Waals surface area contributed by atoms with E-state index in [9.17, 15) is 9.59 Å². The summed E-state index contributed by atoms with van der Waals surface area (Å²) in [7, 11) is 0. The van der Waals surface area contributed by atoms with Crippen LogP contribution in [0.4, 0.5) is 0 Å². The molecule has 21 heavy (non-hydrogen) atoms. The van der Waals surface area contributed by atoms with Gasteiger partial charge in [-0.1, -0.05) is 18.2 Å². The molecule has 1 aromatic heterocycles. The van der Waals surface area contributed by atoms with E-state index in [-0.39, 0.29) is 17.9 Å². The largest absolute Gasteiger partial charge is 0.481 e. The van der Waals surface area contributed by atoms with Crippen molar-refractivity contribution >= 4 is 22.8 Å². The Balaban J connectivity index is 1.78. The van der Waals surface area contributed by atoms with E-state index in [1.165, 1.54) is 0 Å². The Morgan fingerprint density at radius 1 is 1.19 bits per heavy atom. The molecule has 0 aliphatic heterocycles. The molecule has 1 aliphatic carbocycles. The molecule has 1 aromatic carbocycles. The third kappa shape index (κ3) is 2.72. The number of fused-ring (bicyclic) bond motifs is 1. The summed E-state index contributed by atoms with van der Waals surface area (Å²) in [5, 5.41) is 12.8. The van der Waals surface area contributed by atoms with Crippen LogP contribution in [-0.4, -0.2) is 28.0 Å². The number of amides is 1. The molecule has 0 spiro atoms. The number of carboxylic acid groups (broad SMARTS) is 1. The zero-order valence-corrected chi connectivity index (χ0v) is 11.5. The van der Waals surface area contributed by atoms with E-state index >= 15 is 0 Å². The number of benzene rings is 1. The van der Waals surface area contributed by atoms with Crippen molar-refractivity contribution in [3.05, 3.63) is 42.1 Å². The number of rotatable bonds is 3. The van der Waals surface area contributed by atoms with Crippen LogP contribution in [0.15, 0.2) is 36.5 Å². The summed E-state index contributed by atoms with van der Waals surface area (Å²) >= 11 is 0. The van der Waals surface area contributed by atoms with Gasteiger partial charge < -0.3 is 10.4 Å². The molecular formula is C16H16N2O3. The van der Waals surface area contributed by atoms with E-state index in [1.54, 1.807) is 12.3 Å². The number of nitrogens with zero attached hydrogens (tertiary/aromatic N) is 1. The third-order valence-electron chi connectivity index (χ3n) is 3.99. The van der Waals surface area contributed by atoms with Crippen LogP contribution in [0, 0.1) is 5.92 Å². The molecule has 2 N–H and O–H groups in total. The molecule has 108 valence electrons. The van der Waals surface area contributed by atoms with Crippen LogP contribution in [0.5, 0.6) is 0 Å². The molecular weight excluding hydrogens is 268 g/mol. The highest BCUT2D eigenvalue weighted by Crippen LogP contribution is 2.26. The zero-order chi connectivity index (χ0) is 14.8. The van der Waals surface area contributed by atoms with Gasteiger partial charge in [0.1, 0.15) is 0 Å². The van der Waals surface area contributed by atoms with Gasteiger partial charge in [0.15, 0.2) is 0 Å². The minimum absolute atomic E-state index is 0.0717. The second-order valence-corrected chi connectivity index (χ2v) is 5.40. The summed E-state index contributed by atoms with van der Waals surface area (Å²) in [6.07, 6.45) is 3.49. The maximum Gasteiger partial charge on any atom is 0.306 e. The second-order valence-electron chi connectivity index (χ2n) is 5.40. The van der Waals surface area contributed by atoms with Crippen molar-refractivity contribution in [2.24, 2.45) is 5.92 Å². The molecule has 0 bridgehead atoms. The molecule has 5 heteroatoms. The lowest BCUT2D eigenvalue weighted by Crippen LogP contribution is -2.33. The summed E-state index contributed by atoms with van der Waals surface area (Å²) < 4.78 is 0. The van der Waals surface area contributed by atoms with Crippen molar-refractivity contribution in [2.45, 2.75) is 25.3 Å². The van der Waals surface area contributed by atoms with Crippen molar-refractivity contribution < 1.29 is 14.7 Å². The number of nitrogens with one attached hydrogen (secondary N) is 1. The van der Waals surface area contributed by atoms with Gasteiger partial charge in [-0.25, -0.2) is 0 Å². The predicted molar refractivity (Wildman–Crippen MR) is 78.0 cm³/mol. The Labute approximate surface area is 122 Å². The fraction of sp³-hybridized carbons (Fsp3) is 0.312. The van der Waals surface area contributed by atoms with Gasteiger partial charge in [-0.3, -0.25) is 14.6 Å². The first-order chi connectivity index (χ1) is 10.1. The number of para-hydroxylation sites is 1. The maximum absolute atomic E-state index is 12.4. The van der Waals surface area contributed by atoms with Crippen LogP contribution in [0.3, 0.4) is 0 Å². The highest BCUT2D eigenvalue weighted by molar-refractivity contribution is 6.05. The Morgan fingerprint density at radius 3 is 2.76 bits per heavy atom. The predicted octanol–water partition coefficient (Wildman–Crippen LogP) is 2.22. The highest BCUT2D eigenvalue weighted by atomic mass is 16.4. The molecule has 0 radical (unpaired) electrons. The normalized spacial score (nSPS) is 21.3.